The highest BCUT2D eigenvalue weighted by Gasteiger charge is 2.07. The van der Waals surface area contributed by atoms with E-state index in [0.717, 1.165) is 0 Å². The summed E-state index contributed by atoms with van der Waals surface area (Å²) in [7, 11) is 1.44. The Balaban J connectivity index is 2.93. The first-order valence-electron chi connectivity index (χ1n) is 4.46. The third-order valence-corrected chi connectivity index (χ3v) is 1.84. The number of carbonyl (C=O) groups is 1. The van der Waals surface area contributed by atoms with E-state index in [1.165, 1.54) is 13.2 Å². The van der Waals surface area contributed by atoms with Crippen molar-refractivity contribution in [2.45, 2.75) is 6.42 Å². The molecule has 0 spiro atoms. The van der Waals surface area contributed by atoms with Crippen molar-refractivity contribution in [2.24, 2.45) is 0 Å². The fraction of sp³-hybridized carbons (Fsp3) is 0.182. The van der Waals surface area contributed by atoms with Crippen LogP contribution in [-0.2, 0) is 4.79 Å². The number of nitrogens with zero attached hydrogens (tertiary/aromatic N) is 2. The summed E-state index contributed by atoms with van der Waals surface area (Å²) in [5.74, 6) is -0.0177. The van der Waals surface area contributed by atoms with Gasteiger partial charge in [-0.2, -0.15) is 10.5 Å². The van der Waals surface area contributed by atoms with E-state index in [1.807, 2.05) is 6.07 Å². The Morgan fingerprint density at radius 2 is 2.25 bits per heavy atom. The number of carbonyl (C=O) groups excluding carboxylic acids is 1. The van der Waals surface area contributed by atoms with Crippen LogP contribution < -0.4 is 10.1 Å². The molecule has 0 aliphatic rings. The Kier molecular flexibility index (Phi) is 3.88. The van der Waals surface area contributed by atoms with Gasteiger partial charge in [0, 0.05) is 6.07 Å². The molecule has 0 aromatic heterocycles. The molecule has 0 heterocycles. The van der Waals surface area contributed by atoms with E-state index < -0.39 is 5.91 Å². The average molecular weight is 215 g/mol. The Morgan fingerprint density at radius 1 is 1.50 bits per heavy atom. The maximum absolute atomic E-state index is 11.2. The van der Waals surface area contributed by atoms with E-state index in [1.54, 1.807) is 18.2 Å². The molecule has 5 nitrogen and oxygen atoms in total. The minimum atomic E-state index is -0.412. The van der Waals surface area contributed by atoms with Crippen molar-refractivity contribution in [3.05, 3.63) is 23.8 Å². The standard InChI is InChI=1S/C11H9N3O2/c1-16-10-6-8(7-13)2-3-9(10)14-11(15)4-5-12/h2-3,6H,4H2,1H3,(H,14,15). The van der Waals surface area contributed by atoms with Crippen LogP contribution in [-0.4, -0.2) is 13.0 Å². The number of benzene rings is 1. The summed E-state index contributed by atoms with van der Waals surface area (Å²) in [6.45, 7) is 0. The highest BCUT2D eigenvalue weighted by atomic mass is 16.5. The van der Waals surface area contributed by atoms with Gasteiger partial charge in [0.25, 0.3) is 0 Å². The van der Waals surface area contributed by atoms with Crippen molar-refractivity contribution in [3.63, 3.8) is 0 Å². The summed E-state index contributed by atoms with van der Waals surface area (Å²) < 4.78 is 5.02. The third-order valence-electron chi connectivity index (χ3n) is 1.84. The number of anilines is 1. The van der Waals surface area contributed by atoms with Gasteiger partial charge in [0.15, 0.2) is 0 Å². The molecule has 0 saturated carbocycles. The summed E-state index contributed by atoms with van der Waals surface area (Å²) >= 11 is 0. The maximum Gasteiger partial charge on any atom is 0.238 e. The van der Waals surface area contributed by atoms with Crippen molar-refractivity contribution >= 4 is 11.6 Å². The lowest BCUT2D eigenvalue weighted by Crippen LogP contribution is -2.11. The van der Waals surface area contributed by atoms with Crippen LogP contribution >= 0.6 is 0 Å². The zero-order valence-corrected chi connectivity index (χ0v) is 8.65. The molecule has 0 atom stereocenters. The fourth-order valence-corrected chi connectivity index (χ4v) is 1.13. The number of ether oxygens (including phenoxy) is 1. The Hall–Kier alpha value is -2.53. The number of nitriles is 2. The number of methoxy groups -OCH3 is 1. The van der Waals surface area contributed by atoms with E-state index in [4.69, 9.17) is 15.3 Å². The lowest BCUT2D eigenvalue weighted by Gasteiger charge is -2.08. The molecule has 80 valence electrons. The second-order valence-electron chi connectivity index (χ2n) is 2.91. The predicted molar refractivity (Wildman–Crippen MR) is 56.6 cm³/mol. The van der Waals surface area contributed by atoms with Crippen molar-refractivity contribution in [1.29, 1.82) is 10.5 Å². The highest BCUT2D eigenvalue weighted by molar-refractivity contribution is 5.93. The first-order chi connectivity index (χ1) is 7.71. The number of hydrogen-bond donors (Lipinski definition) is 1. The van der Waals surface area contributed by atoms with E-state index in [2.05, 4.69) is 5.32 Å². The lowest BCUT2D eigenvalue weighted by atomic mass is 10.2. The van der Waals surface area contributed by atoms with Gasteiger partial charge in [-0.1, -0.05) is 0 Å². The predicted octanol–water partition coefficient (Wildman–Crippen LogP) is 1.42. The SMILES string of the molecule is COc1cc(C#N)ccc1NC(=O)CC#N. The Morgan fingerprint density at radius 3 is 2.81 bits per heavy atom. The van der Waals surface area contributed by atoms with Gasteiger partial charge in [-0.05, 0) is 12.1 Å². The van der Waals surface area contributed by atoms with Crippen LogP contribution in [0, 0.1) is 22.7 Å². The van der Waals surface area contributed by atoms with Crippen LogP contribution in [0.2, 0.25) is 0 Å². The van der Waals surface area contributed by atoms with Gasteiger partial charge >= 0.3 is 0 Å². The van der Waals surface area contributed by atoms with Gasteiger partial charge in [0.1, 0.15) is 12.2 Å². The molecule has 1 aromatic rings. The summed E-state index contributed by atoms with van der Waals surface area (Å²) in [6, 6.07) is 8.34. The Bertz CT molecular complexity index is 483. The zero-order chi connectivity index (χ0) is 12.0. The van der Waals surface area contributed by atoms with Crippen LogP contribution in [0.4, 0.5) is 5.69 Å². The number of hydrogen-bond acceptors (Lipinski definition) is 4. The normalized spacial score (nSPS) is 8.69. The van der Waals surface area contributed by atoms with Gasteiger partial charge < -0.3 is 10.1 Å². The van der Waals surface area contributed by atoms with Gasteiger partial charge in [-0.3, -0.25) is 4.79 Å². The van der Waals surface area contributed by atoms with Crippen molar-refractivity contribution in [3.8, 4) is 17.9 Å². The molecule has 0 fully saturated rings. The molecule has 0 bridgehead atoms. The molecule has 1 amide bonds. The molecule has 0 unspecified atom stereocenters. The smallest absolute Gasteiger partial charge is 0.238 e. The molecular weight excluding hydrogens is 206 g/mol. The second kappa shape index (κ2) is 5.38. The average Bonchev–Trinajstić information content (AvgIpc) is 2.30. The summed E-state index contributed by atoms with van der Waals surface area (Å²) in [5.41, 5.74) is 0.886. The molecule has 0 saturated heterocycles. The van der Waals surface area contributed by atoms with Crippen molar-refractivity contribution < 1.29 is 9.53 Å². The monoisotopic (exact) mass is 215 g/mol. The summed E-state index contributed by atoms with van der Waals surface area (Å²) in [6.07, 6.45) is -0.219. The van der Waals surface area contributed by atoms with Crippen LogP contribution in [0.15, 0.2) is 18.2 Å². The number of rotatable bonds is 3. The first kappa shape index (κ1) is 11.5. The maximum atomic E-state index is 11.2. The molecule has 0 radical (unpaired) electrons. The van der Waals surface area contributed by atoms with Gasteiger partial charge in [0.05, 0.1) is 30.5 Å². The summed E-state index contributed by atoms with van der Waals surface area (Å²) in [4.78, 5) is 11.2. The molecule has 5 heteroatoms. The largest absolute Gasteiger partial charge is 0.495 e. The molecule has 1 N–H and O–H groups in total. The minimum Gasteiger partial charge on any atom is -0.495 e. The van der Waals surface area contributed by atoms with E-state index in [9.17, 15) is 4.79 Å². The highest BCUT2D eigenvalue weighted by Crippen LogP contribution is 2.25. The molecule has 0 aliphatic carbocycles. The van der Waals surface area contributed by atoms with Crippen LogP contribution in [0.5, 0.6) is 5.75 Å². The number of amides is 1. The molecular formula is C11H9N3O2. The van der Waals surface area contributed by atoms with Gasteiger partial charge in [-0.25, -0.2) is 0 Å². The lowest BCUT2D eigenvalue weighted by molar-refractivity contribution is -0.115. The molecule has 16 heavy (non-hydrogen) atoms. The van der Waals surface area contributed by atoms with Crippen LogP contribution in [0.25, 0.3) is 0 Å². The van der Waals surface area contributed by atoms with Crippen molar-refractivity contribution in [2.75, 3.05) is 12.4 Å². The van der Waals surface area contributed by atoms with E-state index in [-0.39, 0.29) is 6.42 Å². The fourth-order valence-electron chi connectivity index (χ4n) is 1.13. The third kappa shape index (κ3) is 2.73. The molecule has 0 aliphatic heterocycles. The van der Waals surface area contributed by atoms with Crippen molar-refractivity contribution in [1.82, 2.24) is 0 Å². The molecule has 1 rings (SSSR count). The van der Waals surface area contributed by atoms with Gasteiger partial charge in [-0.15, -0.1) is 0 Å². The molecule has 1 aromatic carbocycles. The van der Waals surface area contributed by atoms with Crippen LogP contribution in [0.3, 0.4) is 0 Å². The topological polar surface area (TPSA) is 85.9 Å². The summed E-state index contributed by atoms with van der Waals surface area (Å²) in [5, 5.41) is 19.5. The Labute approximate surface area is 92.9 Å². The van der Waals surface area contributed by atoms with E-state index >= 15 is 0 Å². The second-order valence-corrected chi connectivity index (χ2v) is 2.91. The van der Waals surface area contributed by atoms with Gasteiger partial charge in [0.2, 0.25) is 5.91 Å². The zero-order valence-electron chi connectivity index (χ0n) is 8.65. The quantitative estimate of drug-likeness (QED) is 0.826. The number of nitrogens with one attached hydrogen (secondary N) is 1. The van der Waals surface area contributed by atoms with E-state index in [0.29, 0.717) is 17.0 Å². The minimum absolute atomic E-state index is 0.219. The van der Waals surface area contributed by atoms with Crippen LogP contribution in [0.1, 0.15) is 12.0 Å². The first-order valence-corrected chi connectivity index (χ1v) is 4.46.